The van der Waals surface area contributed by atoms with Crippen molar-refractivity contribution in [1.82, 2.24) is 10.2 Å². The van der Waals surface area contributed by atoms with E-state index in [-0.39, 0.29) is 17.9 Å². The summed E-state index contributed by atoms with van der Waals surface area (Å²) in [7, 11) is 3.25. The molecule has 2 aromatic carbocycles. The molecule has 0 bridgehead atoms. The Morgan fingerprint density at radius 1 is 1.03 bits per heavy atom. The van der Waals surface area contributed by atoms with Gasteiger partial charge in [-0.1, -0.05) is 43.3 Å². The highest BCUT2D eigenvalue weighted by Crippen LogP contribution is 2.28. The van der Waals surface area contributed by atoms with E-state index >= 15 is 0 Å². The zero-order valence-electron chi connectivity index (χ0n) is 17.7. The topological polar surface area (TPSA) is 50.8 Å². The minimum atomic E-state index is -0.0875. The molecule has 5 nitrogen and oxygen atoms in total. The van der Waals surface area contributed by atoms with Gasteiger partial charge in [-0.3, -0.25) is 9.69 Å². The molecule has 1 amide bonds. The Balaban J connectivity index is 1.45. The molecule has 1 N–H and O–H groups in total. The molecule has 29 heavy (non-hydrogen) atoms. The lowest BCUT2D eigenvalue weighted by Gasteiger charge is -2.33. The largest absolute Gasteiger partial charge is 0.493 e. The number of carbonyl (C=O) groups excluding carboxylic acids is 1. The van der Waals surface area contributed by atoms with E-state index in [4.69, 9.17) is 9.47 Å². The minimum absolute atomic E-state index is 0.0875. The lowest BCUT2D eigenvalue weighted by molar-refractivity contribution is -0.125. The standard InChI is InChI=1S/C24H32N2O3/c1-18(15-20-9-10-22(28-2)23(16-20)29-3)24(27)25-21-11-13-26(14-12-21)17-19-7-5-4-6-8-19/h4-10,16,18,21H,11-15,17H2,1-3H3,(H,25,27). The minimum Gasteiger partial charge on any atom is -0.493 e. The van der Waals surface area contributed by atoms with Crippen LogP contribution >= 0.6 is 0 Å². The molecule has 1 fully saturated rings. The van der Waals surface area contributed by atoms with Crippen LogP contribution in [-0.4, -0.2) is 44.2 Å². The van der Waals surface area contributed by atoms with Gasteiger partial charge in [0.2, 0.25) is 5.91 Å². The molecule has 5 heteroatoms. The molecule has 156 valence electrons. The van der Waals surface area contributed by atoms with Gasteiger partial charge in [0.25, 0.3) is 0 Å². The van der Waals surface area contributed by atoms with Crippen LogP contribution in [0.2, 0.25) is 0 Å². The summed E-state index contributed by atoms with van der Waals surface area (Å²) in [5.41, 5.74) is 2.42. The molecule has 2 aromatic rings. The first-order valence-corrected chi connectivity index (χ1v) is 10.4. The van der Waals surface area contributed by atoms with Crippen LogP contribution in [-0.2, 0) is 17.8 Å². The van der Waals surface area contributed by atoms with Crippen LogP contribution in [0.1, 0.15) is 30.9 Å². The highest BCUT2D eigenvalue weighted by molar-refractivity contribution is 5.79. The van der Waals surface area contributed by atoms with E-state index in [1.807, 2.05) is 25.1 Å². The molecule has 0 radical (unpaired) electrons. The summed E-state index contributed by atoms with van der Waals surface area (Å²) in [4.78, 5) is 15.1. The van der Waals surface area contributed by atoms with E-state index in [0.29, 0.717) is 17.9 Å². The van der Waals surface area contributed by atoms with Gasteiger partial charge in [-0.05, 0) is 42.5 Å². The normalized spacial score (nSPS) is 16.2. The Hall–Kier alpha value is -2.53. The SMILES string of the molecule is COc1ccc(CC(C)C(=O)NC2CCN(Cc3ccccc3)CC2)cc1OC. The third-order valence-corrected chi connectivity index (χ3v) is 5.62. The second-order valence-corrected chi connectivity index (χ2v) is 7.84. The summed E-state index contributed by atoms with van der Waals surface area (Å²) in [5, 5.41) is 3.25. The fourth-order valence-corrected chi connectivity index (χ4v) is 3.87. The Morgan fingerprint density at radius 3 is 2.38 bits per heavy atom. The van der Waals surface area contributed by atoms with Gasteiger partial charge in [0.05, 0.1) is 14.2 Å². The summed E-state index contributed by atoms with van der Waals surface area (Å²) >= 11 is 0. The average Bonchev–Trinajstić information content (AvgIpc) is 2.75. The molecule has 1 aliphatic rings. The quantitative estimate of drug-likeness (QED) is 0.740. The van der Waals surface area contributed by atoms with Gasteiger partial charge in [0.1, 0.15) is 0 Å². The Labute approximate surface area is 174 Å². The molecule has 1 atom stereocenters. The Morgan fingerprint density at radius 2 is 1.72 bits per heavy atom. The molecule has 0 aromatic heterocycles. The first kappa shape index (κ1) is 21.2. The number of amides is 1. The lowest BCUT2D eigenvalue weighted by Crippen LogP contribution is -2.46. The van der Waals surface area contributed by atoms with Gasteiger partial charge in [-0.2, -0.15) is 0 Å². The highest BCUT2D eigenvalue weighted by atomic mass is 16.5. The number of nitrogens with zero attached hydrogens (tertiary/aromatic N) is 1. The van der Waals surface area contributed by atoms with Crippen molar-refractivity contribution in [1.29, 1.82) is 0 Å². The third kappa shape index (κ3) is 5.97. The van der Waals surface area contributed by atoms with Crippen molar-refractivity contribution in [2.24, 2.45) is 5.92 Å². The first-order valence-electron chi connectivity index (χ1n) is 10.4. The number of hydrogen-bond acceptors (Lipinski definition) is 4. The van der Waals surface area contributed by atoms with E-state index in [1.165, 1.54) is 5.56 Å². The molecule has 1 unspecified atom stereocenters. The number of methoxy groups -OCH3 is 2. The zero-order valence-corrected chi connectivity index (χ0v) is 17.7. The third-order valence-electron chi connectivity index (χ3n) is 5.62. The van der Waals surface area contributed by atoms with Crippen molar-refractivity contribution in [3.8, 4) is 11.5 Å². The molecule has 0 saturated carbocycles. The number of rotatable bonds is 8. The number of benzene rings is 2. The number of piperidine rings is 1. The summed E-state index contributed by atoms with van der Waals surface area (Å²) in [6.45, 7) is 5.00. The maximum Gasteiger partial charge on any atom is 0.223 e. The summed E-state index contributed by atoms with van der Waals surface area (Å²) in [5.74, 6) is 1.44. The molecular weight excluding hydrogens is 364 g/mol. The number of likely N-dealkylation sites (tertiary alicyclic amines) is 1. The van der Waals surface area contributed by atoms with E-state index in [0.717, 1.165) is 38.0 Å². The Kier molecular flexibility index (Phi) is 7.53. The van der Waals surface area contributed by atoms with E-state index in [2.05, 4.69) is 40.5 Å². The molecule has 3 rings (SSSR count). The number of ether oxygens (including phenoxy) is 2. The predicted octanol–water partition coefficient (Wildman–Crippen LogP) is 3.66. The summed E-state index contributed by atoms with van der Waals surface area (Å²) in [6.07, 6.45) is 2.68. The van der Waals surface area contributed by atoms with Crippen LogP contribution in [0.25, 0.3) is 0 Å². The van der Waals surface area contributed by atoms with Gasteiger partial charge in [0.15, 0.2) is 11.5 Å². The van der Waals surface area contributed by atoms with Crippen LogP contribution < -0.4 is 14.8 Å². The van der Waals surface area contributed by atoms with Crippen LogP contribution in [0.15, 0.2) is 48.5 Å². The van der Waals surface area contributed by atoms with Gasteiger partial charge in [-0.15, -0.1) is 0 Å². The maximum atomic E-state index is 12.7. The first-order chi connectivity index (χ1) is 14.1. The molecular formula is C24H32N2O3. The predicted molar refractivity (Wildman–Crippen MR) is 115 cm³/mol. The van der Waals surface area contributed by atoms with E-state index in [9.17, 15) is 4.79 Å². The molecule has 0 aliphatic carbocycles. The van der Waals surface area contributed by atoms with Crippen LogP contribution in [0.5, 0.6) is 11.5 Å². The molecule has 1 saturated heterocycles. The van der Waals surface area contributed by atoms with Crippen LogP contribution in [0.4, 0.5) is 0 Å². The summed E-state index contributed by atoms with van der Waals surface area (Å²) < 4.78 is 10.6. The van der Waals surface area contributed by atoms with Gasteiger partial charge in [-0.25, -0.2) is 0 Å². The fourth-order valence-electron chi connectivity index (χ4n) is 3.87. The van der Waals surface area contributed by atoms with E-state index < -0.39 is 0 Å². The van der Waals surface area contributed by atoms with Crippen LogP contribution in [0, 0.1) is 5.92 Å². The van der Waals surface area contributed by atoms with Crippen molar-refractivity contribution in [3.05, 3.63) is 59.7 Å². The zero-order chi connectivity index (χ0) is 20.6. The van der Waals surface area contributed by atoms with Gasteiger partial charge < -0.3 is 14.8 Å². The van der Waals surface area contributed by atoms with Gasteiger partial charge >= 0.3 is 0 Å². The van der Waals surface area contributed by atoms with Crippen molar-refractivity contribution >= 4 is 5.91 Å². The lowest BCUT2D eigenvalue weighted by atomic mass is 9.98. The number of nitrogens with one attached hydrogen (secondary N) is 1. The van der Waals surface area contributed by atoms with E-state index in [1.54, 1.807) is 14.2 Å². The van der Waals surface area contributed by atoms with Crippen LogP contribution in [0.3, 0.4) is 0 Å². The maximum absolute atomic E-state index is 12.7. The molecule has 1 heterocycles. The smallest absolute Gasteiger partial charge is 0.223 e. The average molecular weight is 397 g/mol. The van der Waals surface area contributed by atoms with Crippen molar-refractivity contribution in [3.63, 3.8) is 0 Å². The molecule has 0 spiro atoms. The van der Waals surface area contributed by atoms with Crippen molar-refractivity contribution < 1.29 is 14.3 Å². The second kappa shape index (κ2) is 10.3. The monoisotopic (exact) mass is 396 g/mol. The van der Waals surface area contributed by atoms with Crippen molar-refractivity contribution in [2.45, 2.75) is 38.8 Å². The molecule has 1 aliphatic heterocycles. The summed E-state index contributed by atoms with van der Waals surface area (Å²) in [6, 6.07) is 16.7. The number of hydrogen-bond donors (Lipinski definition) is 1. The van der Waals surface area contributed by atoms with Crippen molar-refractivity contribution in [2.75, 3.05) is 27.3 Å². The number of carbonyl (C=O) groups is 1. The second-order valence-electron chi connectivity index (χ2n) is 7.84. The van der Waals surface area contributed by atoms with Gasteiger partial charge in [0, 0.05) is 31.6 Å². The highest BCUT2D eigenvalue weighted by Gasteiger charge is 2.23. The Bertz CT molecular complexity index is 786. The fraction of sp³-hybridized carbons (Fsp3) is 0.458.